The molecule has 0 aliphatic heterocycles. The van der Waals surface area contributed by atoms with Crippen molar-refractivity contribution in [3.63, 3.8) is 0 Å². The third-order valence-corrected chi connectivity index (χ3v) is 4.18. The Bertz CT molecular complexity index is 598. The van der Waals surface area contributed by atoms with Gasteiger partial charge in [-0.2, -0.15) is 0 Å². The van der Waals surface area contributed by atoms with E-state index in [0.717, 1.165) is 30.4 Å². The van der Waals surface area contributed by atoms with Crippen LogP contribution in [0.1, 0.15) is 60.2 Å². The summed E-state index contributed by atoms with van der Waals surface area (Å²) < 4.78 is 0. The molecule has 2 rings (SSSR count). The van der Waals surface area contributed by atoms with Crippen LogP contribution in [0, 0.1) is 0 Å². The summed E-state index contributed by atoms with van der Waals surface area (Å²) in [4.78, 5) is 12.8. The van der Waals surface area contributed by atoms with Crippen LogP contribution >= 0.6 is 0 Å². The van der Waals surface area contributed by atoms with Crippen LogP contribution < -0.4 is 0 Å². The van der Waals surface area contributed by atoms with Gasteiger partial charge >= 0.3 is 0 Å². The van der Waals surface area contributed by atoms with E-state index in [1.807, 2.05) is 36.4 Å². The van der Waals surface area contributed by atoms with E-state index in [-0.39, 0.29) is 11.7 Å². The van der Waals surface area contributed by atoms with Gasteiger partial charge in [0.05, 0.1) is 0 Å². The second kappa shape index (κ2) is 7.21. The molecule has 0 amide bonds. The van der Waals surface area contributed by atoms with E-state index in [1.165, 1.54) is 11.1 Å². The number of carbonyl (C=O) groups excluding carboxylic acids is 1. The van der Waals surface area contributed by atoms with Gasteiger partial charge in [-0.1, -0.05) is 63.2 Å². The molecule has 0 spiro atoms. The van der Waals surface area contributed by atoms with Crippen molar-refractivity contribution in [1.82, 2.24) is 0 Å². The molecular formula is C20H24O. The Morgan fingerprint density at radius 3 is 2.14 bits per heavy atom. The summed E-state index contributed by atoms with van der Waals surface area (Å²) in [5.41, 5.74) is 4.61. The molecule has 1 unspecified atom stereocenters. The van der Waals surface area contributed by atoms with Crippen LogP contribution in [0.5, 0.6) is 0 Å². The molecule has 2 aromatic carbocycles. The van der Waals surface area contributed by atoms with Crippen LogP contribution in [0.25, 0.3) is 0 Å². The lowest BCUT2D eigenvalue weighted by Crippen LogP contribution is -2.13. The number of aryl methyl sites for hydroxylation is 2. The van der Waals surface area contributed by atoms with Crippen LogP contribution in [0.4, 0.5) is 0 Å². The number of carbonyl (C=O) groups is 1. The minimum Gasteiger partial charge on any atom is -0.293 e. The van der Waals surface area contributed by atoms with Crippen molar-refractivity contribution in [2.24, 2.45) is 0 Å². The largest absolute Gasteiger partial charge is 0.293 e. The number of rotatable bonds is 6. The fourth-order valence-corrected chi connectivity index (χ4v) is 2.91. The van der Waals surface area contributed by atoms with Gasteiger partial charge in [-0.3, -0.25) is 4.79 Å². The Kier molecular flexibility index (Phi) is 5.32. The maximum Gasteiger partial charge on any atom is 0.170 e. The molecule has 1 nitrogen and oxygen atoms in total. The first-order chi connectivity index (χ1) is 10.2. The summed E-state index contributed by atoms with van der Waals surface area (Å²) in [6, 6.07) is 16.3. The molecule has 0 bridgehead atoms. The van der Waals surface area contributed by atoms with Crippen molar-refractivity contribution in [1.29, 1.82) is 0 Å². The molecule has 0 aliphatic carbocycles. The third kappa shape index (κ3) is 3.41. The highest BCUT2D eigenvalue weighted by molar-refractivity contribution is 6.01. The number of Topliss-reactive ketones (excluding diaryl/α,β-unsaturated/α-hetero) is 1. The van der Waals surface area contributed by atoms with E-state index in [0.29, 0.717) is 0 Å². The van der Waals surface area contributed by atoms with Gasteiger partial charge in [0.25, 0.3) is 0 Å². The van der Waals surface area contributed by atoms with Gasteiger partial charge in [-0.25, -0.2) is 0 Å². The van der Waals surface area contributed by atoms with E-state index in [2.05, 4.69) is 32.9 Å². The minimum atomic E-state index is -0.0385. The molecule has 110 valence electrons. The Hall–Kier alpha value is -1.89. The standard InChI is InChI=1S/C20H24O/c1-4-15-12-13-18(14-16(15)5-2)20(21)19(6-3)17-10-8-7-9-11-17/h7-14,19H,4-6H2,1-3H3. The van der Waals surface area contributed by atoms with Crippen molar-refractivity contribution < 1.29 is 4.79 Å². The average Bonchev–Trinajstić information content (AvgIpc) is 2.55. The van der Waals surface area contributed by atoms with Gasteiger partial charge in [-0.15, -0.1) is 0 Å². The van der Waals surface area contributed by atoms with Gasteiger partial charge in [0, 0.05) is 11.5 Å². The van der Waals surface area contributed by atoms with Gasteiger partial charge in [0.1, 0.15) is 0 Å². The zero-order chi connectivity index (χ0) is 15.2. The normalized spacial score (nSPS) is 12.1. The zero-order valence-corrected chi connectivity index (χ0v) is 13.2. The first-order valence-corrected chi connectivity index (χ1v) is 7.92. The monoisotopic (exact) mass is 280 g/mol. The molecule has 0 saturated carbocycles. The Morgan fingerprint density at radius 2 is 1.57 bits per heavy atom. The molecule has 0 aromatic heterocycles. The van der Waals surface area contributed by atoms with Crippen LogP contribution in [0.3, 0.4) is 0 Å². The van der Waals surface area contributed by atoms with E-state index in [9.17, 15) is 4.79 Å². The molecular weight excluding hydrogens is 256 g/mol. The lowest BCUT2D eigenvalue weighted by molar-refractivity contribution is 0.0957. The summed E-state index contributed by atoms with van der Waals surface area (Å²) in [5, 5.41) is 0. The van der Waals surface area contributed by atoms with Crippen molar-refractivity contribution in [2.75, 3.05) is 0 Å². The van der Waals surface area contributed by atoms with Crippen LogP contribution in [0.15, 0.2) is 48.5 Å². The number of ketones is 1. The SMILES string of the molecule is CCc1ccc(C(=O)C(CC)c2ccccc2)cc1CC. The average molecular weight is 280 g/mol. The molecule has 0 saturated heterocycles. The molecule has 0 heterocycles. The van der Waals surface area contributed by atoms with Crippen molar-refractivity contribution in [3.05, 3.63) is 70.8 Å². The fraction of sp³-hybridized carbons (Fsp3) is 0.350. The van der Waals surface area contributed by atoms with Crippen molar-refractivity contribution >= 4 is 5.78 Å². The number of hydrogen-bond acceptors (Lipinski definition) is 1. The van der Waals surface area contributed by atoms with Gasteiger partial charge in [0.2, 0.25) is 0 Å². The molecule has 0 radical (unpaired) electrons. The van der Waals surface area contributed by atoms with E-state index in [1.54, 1.807) is 0 Å². The van der Waals surface area contributed by atoms with Gasteiger partial charge < -0.3 is 0 Å². The summed E-state index contributed by atoms with van der Waals surface area (Å²) >= 11 is 0. The highest BCUT2D eigenvalue weighted by Gasteiger charge is 2.20. The molecule has 1 atom stereocenters. The minimum absolute atomic E-state index is 0.0385. The van der Waals surface area contributed by atoms with E-state index in [4.69, 9.17) is 0 Å². The highest BCUT2D eigenvalue weighted by atomic mass is 16.1. The summed E-state index contributed by atoms with van der Waals surface area (Å²) in [6.45, 7) is 6.39. The van der Waals surface area contributed by atoms with Crippen LogP contribution in [0.2, 0.25) is 0 Å². The lowest BCUT2D eigenvalue weighted by Gasteiger charge is -2.16. The third-order valence-electron chi connectivity index (χ3n) is 4.18. The zero-order valence-electron chi connectivity index (χ0n) is 13.2. The lowest BCUT2D eigenvalue weighted by atomic mass is 9.87. The quantitative estimate of drug-likeness (QED) is 0.666. The highest BCUT2D eigenvalue weighted by Crippen LogP contribution is 2.25. The Labute approximate surface area is 128 Å². The molecule has 0 aliphatic rings. The Balaban J connectivity index is 2.34. The topological polar surface area (TPSA) is 17.1 Å². The predicted octanol–water partition coefficient (Wildman–Crippen LogP) is 5.19. The predicted molar refractivity (Wildman–Crippen MR) is 89.0 cm³/mol. The summed E-state index contributed by atoms with van der Waals surface area (Å²) in [6.07, 6.45) is 2.83. The van der Waals surface area contributed by atoms with E-state index >= 15 is 0 Å². The fourth-order valence-electron chi connectivity index (χ4n) is 2.91. The van der Waals surface area contributed by atoms with Crippen LogP contribution in [-0.4, -0.2) is 5.78 Å². The summed E-state index contributed by atoms with van der Waals surface area (Å²) in [5.74, 6) is 0.199. The number of hydrogen-bond donors (Lipinski definition) is 0. The van der Waals surface area contributed by atoms with Crippen molar-refractivity contribution in [3.8, 4) is 0 Å². The Morgan fingerprint density at radius 1 is 0.905 bits per heavy atom. The first kappa shape index (κ1) is 15.5. The van der Waals surface area contributed by atoms with E-state index < -0.39 is 0 Å². The second-order valence-electron chi connectivity index (χ2n) is 5.43. The number of benzene rings is 2. The van der Waals surface area contributed by atoms with Crippen molar-refractivity contribution in [2.45, 2.75) is 46.0 Å². The molecule has 0 fully saturated rings. The summed E-state index contributed by atoms with van der Waals surface area (Å²) in [7, 11) is 0. The first-order valence-electron chi connectivity index (χ1n) is 7.92. The van der Waals surface area contributed by atoms with Gasteiger partial charge in [0.15, 0.2) is 5.78 Å². The molecule has 1 heteroatoms. The van der Waals surface area contributed by atoms with Crippen LogP contribution in [-0.2, 0) is 12.8 Å². The molecule has 2 aromatic rings. The second-order valence-corrected chi connectivity index (χ2v) is 5.43. The molecule has 0 N–H and O–H groups in total. The maximum absolute atomic E-state index is 12.8. The smallest absolute Gasteiger partial charge is 0.170 e. The van der Waals surface area contributed by atoms with Gasteiger partial charge in [-0.05, 0) is 42.0 Å². The molecule has 21 heavy (non-hydrogen) atoms. The maximum atomic E-state index is 12.8.